The normalized spacial score (nSPS) is 17.9. The molecular weight excluding hydrogens is 350 g/mol. The molecule has 1 aliphatic rings. The molecule has 0 unspecified atom stereocenters. The number of amides is 2. The highest BCUT2D eigenvalue weighted by Crippen LogP contribution is 2.31. The zero-order chi connectivity index (χ0) is 18.7. The monoisotopic (exact) mass is 372 g/mol. The Hall–Kier alpha value is -2.37. The summed E-state index contributed by atoms with van der Waals surface area (Å²) in [5.74, 6) is -0.0824. The van der Waals surface area contributed by atoms with Crippen LogP contribution in [-0.4, -0.2) is 24.4 Å². The standard InChI is InChI=1S/C20H22ClN3O2/c1-13-11-19(25)23-17-5-3-4-6-18(17)24(13)20(26)12-22-14(2)15-7-9-16(21)10-8-15/h3-10,13-14,22H,11-12H2,1-2H3,(H,23,25)/p+1/t13-,14-/m1/s1. The van der Waals surface area contributed by atoms with E-state index in [1.807, 2.05) is 60.8 Å². The quantitative estimate of drug-likeness (QED) is 0.866. The van der Waals surface area contributed by atoms with E-state index < -0.39 is 0 Å². The van der Waals surface area contributed by atoms with E-state index >= 15 is 0 Å². The third-order valence-electron chi connectivity index (χ3n) is 4.67. The van der Waals surface area contributed by atoms with Gasteiger partial charge in [0.05, 0.1) is 11.4 Å². The molecule has 1 heterocycles. The van der Waals surface area contributed by atoms with Crippen LogP contribution in [0.1, 0.15) is 31.9 Å². The topological polar surface area (TPSA) is 66.0 Å². The second-order valence-corrected chi connectivity index (χ2v) is 7.10. The molecule has 2 amide bonds. The van der Waals surface area contributed by atoms with Crippen LogP contribution in [0.3, 0.4) is 0 Å². The van der Waals surface area contributed by atoms with Crippen molar-refractivity contribution in [3.8, 4) is 0 Å². The Kier molecular flexibility index (Phi) is 5.59. The van der Waals surface area contributed by atoms with Gasteiger partial charge in [-0.1, -0.05) is 35.9 Å². The summed E-state index contributed by atoms with van der Waals surface area (Å²) in [7, 11) is 0. The molecular formula is C20H23ClN3O2+. The first-order chi connectivity index (χ1) is 12.5. The summed E-state index contributed by atoms with van der Waals surface area (Å²) in [6.07, 6.45) is 0.285. The van der Waals surface area contributed by atoms with Gasteiger partial charge in [0.25, 0.3) is 5.91 Å². The van der Waals surface area contributed by atoms with Crippen molar-refractivity contribution in [2.45, 2.75) is 32.4 Å². The van der Waals surface area contributed by atoms with E-state index in [9.17, 15) is 9.59 Å². The second kappa shape index (κ2) is 7.89. The Labute approximate surface area is 158 Å². The first-order valence-corrected chi connectivity index (χ1v) is 9.13. The van der Waals surface area contributed by atoms with Gasteiger partial charge in [0.2, 0.25) is 5.91 Å². The number of rotatable bonds is 4. The lowest BCUT2D eigenvalue weighted by molar-refractivity contribution is -0.682. The third kappa shape index (κ3) is 4.06. The third-order valence-corrected chi connectivity index (χ3v) is 4.92. The number of halogens is 1. The second-order valence-electron chi connectivity index (χ2n) is 6.66. The summed E-state index contributed by atoms with van der Waals surface area (Å²) in [6, 6.07) is 15.0. The maximum absolute atomic E-state index is 13.0. The first-order valence-electron chi connectivity index (χ1n) is 8.75. The summed E-state index contributed by atoms with van der Waals surface area (Å²) >= 11 is 5.93. The molecule has 3 N–H and O–H groups in total. The number of nitrogens with two attached hydrogens (primary N) is 1. The fourth-order valence-corrected chi connectivity index (χ4v) is 3.37. The lowest BCUT2D eigenvalue weighted by atomic mass is 10.1. The predicted molar refractivity (Wildman–Crippen MR) is 103 cm³/mol. The van der Waals surface area contributed by atoms with Crippen LogP contribution >= 0.6 is 11.6 Å². The molecule has 0 radical (unpaired) electrons. The van der Waals surface area contributed by atoms with Crippen molar-refractivity contribution in [1.29, 1.82) is 0 Å². The van der Waals surface area contributed by atoms with Gasteiger partial charge in [-0.2, -0.15) is 0 Å². The van der Waals surface area contributed by atoms with Crippen molar-refractivity contribution in [3.05, 3.63) is 59.1 Å². The van der Waals surface area contributed by atoms with Gasteiger partial charge in [-0.15, -0.1) is 0 Å². The number of anilines is 2. The van der Waals surface area contributed by atoms with Crippen LogP contribution in [0.4, 0.5) is 11.4 Å². The van der Waals surface area contributed by atoms with Crippen molar-refractivity contribution in [3.63, 3.8) is 0 Å². The van der Waals surface area contributed by atoms with Gasteiger partial charge in [-0.3, -0.25) is 9.59 Å². The Morgan fingerprint density at radius 1 is 1.27 bits per heavy atom. The fourth-order valence-electron chi connectivity index (χ4n) is 3.25. The lowest BCUT2D eigenvalue weighted by Gasteiger charge is -2.27. The van der Waals surface area contributed by atoms with Crippen molar-refractivity contribution < 1.29 is 14.9 Å². The number of nitrogens with zero attached hydrogens (tertiary/aromatic N) is 1. The van der Waals surface area contributed by atoms with E-state index in [0.29, 0.717) is 17.3 Å². The summed E-state index contributed by atoms with van der Waals surface area (Å²) in [6.45, 7) is 4.26. The summed E-state index contributed by atoms with van der Waals surface area (Å²) in [4.78, 5) is 26.7. The van der Waals surface area contributed by atoms with Crippen LogP contribution in [0.2, 0.25) is 5.02 Å². The van der Waals surface area contributed by atoms with Gasteiger partial charge in [0, 0.05) is 23.0 Å². The minimum Gasteiger partial charge on any atom is -0.333 e. The molecule has 2 aromatic carbocycles. The highest BCUT2D eigenvalue weighted by Gasteiger charge is 2.30. The van der Waals surface area contributed by atoms with E-state index in [2.05, 4.69) is 12.2 Å². The molecule has 2 aromatic rings. The van der Waals surface area contributed by atoms with Gasteiger partial charge in [-0.25, -0.2) is 0 Å². The van der Waals surface area contributed by atoms with Crippen LogP contribution in [-0.2, 0) is 9.59 Å². The maximum Gasteiger partial charge on any atom is 0.282 e. The van der Waals surface area contributed by atoms with Crippen LogP contribution < -0.4 is 15.5 Å². The Morgan fingerprint density at radius 3 is 2.69 bits per heavy atom. The molecule has 5 nitrogen and oxygen atoms in total. The zero-order valence-electron chi connectivity index (χ0n) is 14.9. The van der Waals surface area contributed by atoms with Crippen LogP contribution in [0.15, 0.2) is 48.5 Å². The molecule has 1 aliphatic heterocycles. The van der Waals surface area contributed by atoms with E-state index in [4.69, 9.17) is 11.6 Å². The number of quaternary nitrogens is 1. The predicted octanol–water partition coefficient (Wildman–Crippen LogP) is 2.73. The average molecular weight is 373 g/mol. The molecule has 0 fully saturated rings. The van der Waals surface area contributed by atoms with Gasteiger partial charge in [0.1, 0.15) is 6.04 Å². The molecule has 0 saturated carbocycles. The van der Waals surface area contributed by atoms with Gasteiger partial charge in [-0.05, 0) is 38.1 Å². The largest absolute Gasteiger partial charge is 0.333 e. The van der Waals surface area contributed by atoms with E-state index in [0.717, 1.165) is 11.3 Å². The maximum atomic E-state index is 13.0. The lowest BCUT2D eigenvalue weighted by Crippen LogP contribution is -2.87. The average Bonchev–Trinajstić information content (AvgIpc) is 2.74. The van der Waals surface area contributed by atoms with Crippen molar-refractivity contribution >= 4 is 34.8 Å². The minimum atomic E-state index is -0.189. The SMILES string of the molecule is C[C@@H]1CC(=O)Nc2ccccc2N1C(=O)C[NH2+][C@H](C)c1ccc(Cl)cc1. The minimum absolute atomic E-state index is 0.0118. The number of fused-ring (bicyclic) bond motifs is 1. The van der Waals surface area contributed by atoms with E-state index in [-0.39, 0.29) is 30.3 Å². The summed E-state index contributed by atoms with van der Waals surface area (Å²) < 4.78 is 0. The number of hydrogen-bond donors (Lipinski definition) is 2. The number of para-hydroxylation sites is 2. The van der Waals surface area contributed by atoms with Crippen molar-refractivity contribution in [1.82, 2.24) is 0 Å². The number of benzene rings is 2. The van der Waals surface area contributed by atoms with Crippen LogP contribution in [0, 0.1) is 0 Å². The van der Waals surface area contributed by atoms with E-state index in [1.165, 1.54) is 0 Å². The molecule has 0 aliphatic carbocycles. The Balaban J connectivity index is 1.74. The molecule has 0 saturated heterocycles. The molecule has 2 atom stereocenters. The molecule has 0 spiro atoms. The Morgan fingerprint density at radius 2 is 1.96 bits per heavy atom. The van der Waals surface area contributed by atoms with Crippen molar-refractivity contribution in [2.75, 3.05) is 16.8 Å². The Bertz CT molecular complexity index is 807. The molecule has 26 heavy (non-hydrogen) atoms. The smallest absolute Gasteiger partial charge is 0.282 e. The molecule has 136 valence electrons. The summed E-state index contributed by atoms with van der Waals surface area (Å²) in [5.41, 5.74) is 2.55. The number of hydrogen-bond acceptors (Lipinski definition) is 2. The molecule has 0 aromatic heterocycles. The summed E-state index contributed by atoms with van der Waals surface area (Å²) in [5, 5.41) is 5.58. The van der Waals surface area contributed by atoms with E-state index in [1.54, 1.807) is 4.90 Å². The van der Waals surface area contributed by atoms with Gasteiger partial charge >= 0.3 is 0 Å². The van der Waals surface area contributed by atoms with Gasteiger partial charge in [0.15, 0.2) is 6.54 Å². The fraction of sp³-hybridized carbons (Fsp3) is 0.300. The number of carbonyl (C=O) groups excluding carboxylic acids is 2. The number of carbonyl (C=O) groups is 2. The molecule has 0 bridgehead atoms. The highest BCUT2D eigenvalue weighted by molar-refractivity contribution is 6.30. The van der Waals surface area contributed by atoms with Crippen LogP contribution in [0.5, 0.6) is 0 Å². The molecule has 3 rings (SSSR count). The first kappa shape index (κ1) is 18.4. The van der Waals surface area contributed by atoms with Crippen molar-refractivity contribution in [2.24, 2.45) is 0 Å². The van der Waals surface area contributed by atoms with Gasteiger partial charge < -0.3 is 15.5 Å². The number of nitrogens with one attached hydrogen (secondary N) is 1. The van der Waals surface area contributed by atoms with Crippen LogP contribution in [0.25, 0.3) is 0 Å². The molecule has 6 heteroatoms. The zero-order valence-corrected chi connectivity index (χ0v) is 15.7. The highest BCUT2D eigenvalue weighted by atomic mass is 35.5.